The first kappa shape index (κ1) is 29.5. The Hall–Kier alpha value is -3.07. The van der Waals surface area contributed by atoms with Crippen LogP contribution in [0.4, 0.5) is 5.69 Å². The summed E-state index contributed by atoms with van der Waals surface area (Å²) in [6, 6.07) is 21.5. The number of benzene rings is 3. The van der Waals surface area contributed by atoms with Gasteiger partial charge in [0.05, 0.1) is 11.9 Å². The van der Waals surface area contributed by atoms with E-state index in [1.165, 1.54) is 17.0 Å². The molecule has 0 aromatic heterocycles. The predicted molar refractivity (Wildman–Crippen MR) is 153 cm³/mol. The lowest BCUT2D eigenvalue weighted by molar-refractivity contribution is -0.140. The van der Waals surface area contributed by atoms with Crippen molar-refractivity contribution in [2.45, 2.75) is 38.9 Å². The number of nitrogens with one attached hydrogen (secondary N) is 1. The second-order valence-electron chi connectivity index (χ2n) is 9.27. The molecule has 0 aliphatic rings. The molecule has 0 heterocycles. The van der Waals surface area contributed by atoms with Gasteiger partial charge in [0.15, 0.2) is 0 Å². The third kappa shape index (κ3) is 8.48. The van der Waals surface area contributed by atoms with Gasteiger partial charge in [-0.25, -0.2) is 8.42 Å². The number of hydrogen-bond acceptors (Lipinski definition) is 4. The number of anilines is 1. The fourth-order valence-corrected chi connectivity index (χ4v) is 5.18. The van der Waals surface area contributed by atoms with E-state index in [2.05, 4.69) is 5.32 Å². The monoisotopic (exact) mass is 575 g/mol. The Morgan fingerprint density at radius 1 is 0.868 bits per heavy atom. The van der Waals surface area contributed by atoms with Crippen molar-refractivity contribution in [1.82, 2.24) is 10.2 Å². The summed E-state index contributed by atoms with van der Waals surface area (Å²) in [5, 5.41) is 3.83. The van der Waals surface area contributed by atoms with E-state index in [0.717, 1.165) is 16.1 Å². The summed E-state index contributed by atoms with van der Waals surface area (Å²) in [5.74, 6) is -0.873. The molecule has 0 unspecified atom stereocenters. The molecule has 0 bridgehead atoms. The summed E-state index contributed by atoms with van der Waals surface area (Å²) >= 11 is 12.2. The van der Waals surface area contributed by atoms with Crippen molar-refractivity contribution < 1.29 is 18.0 Å². The van der Waals surface area contributed by atoms with Crippen molar-refractivity contribution in [2.24, 2.45) is 0 Å². The molecular weight excluding hydrogens is 545 g/mol. The minimum atomic E-state index is -3.84. The minimum absolute atomic E-state index is 0.0562. The lowest BCUT2D eigenvalue weighted by atomic mass is 10.0. The molecule has 0 radical (unpaired) electrons. The Morgan fingerprint density at radius 2 is 1.50 bits per heavy atom. The lowest BCUT2D eigenvalue weighted by Gasteiger charge is -2.34. The summed E-state index contributed by atoms with van der Waals surface area (Å²) in [7, 11) is -3.84. The highest BCUT2D eigenvalue weighted by Gasteiger charge is 2.33. The molecule has 0 saturated carbocycles. The van der Waals surface area contributed by atoms with Crippen LogP contribution in [0.25, 0.3) is 0 Å². The maximum absolute atomic E-state index is 13.9. The average molecular weight is 577 g/mol. The summed E-state index contributed by atoms with van der Waals surface area (Å²) in [5.41, 5.74) is 1.86. The quantitative estimate of drug-likeness (QED) is 0.351. The van der Waals surface area contributed by atoms with E-state index >= 15 is 0 Å². The van der Waals surface area contributed by atoms with E-state index in [1.807, 2.05) is 44.2 Å². The van der Waals surface area contributed by atoms with Gasteiger partial charge in [-0.1, -0.05) is 65.7 Å². The number of halogens is 2. The molecule has 3 aromatic rings. The van der Waals surface area contributed by atoms with Gasteiger partial charge in [0.2, 0.25) is 21.8 Å². The second-order valence-corrected chi connectivity index (χ2v) is 12.0. The normalized spacial score (nSPS) is 12.2. The largest absolute Gasteiger partial charge is 0.352 e. The first-order valence-corrected chi connectivity index (χ1v) is 14.7. The third-order valence-electron chi connectivity index (χ3n) is 5.74. The number of hydrogen-bond donors (Lipinski definition) is 1. The molecule has 38 heavy (non-hydrogen) atoms. The molecule has 0 aliphatic carbocycles. The molecule has 3 aromatic carbocycles. The van der Waals surface area contributed by atoms with Crippen LogP contribution in [0.3, 0.4) is 0 Å². The summed E-state index contributed by atoms with van der Waals surface area (Å²) in [6.45, 7) is 3.24. The minimum Gasteiger partial charge on any atom is -0.352 e. The molecule has 1 atom stereocenters. The predicted octanol–water partition coefficient (Wildman–Crippen LogP) is 4.92. The molecule has 0 spiro atoms. The van der Waals surface area contributed by atoms with Crippen LogP contribution >= 0.6 is 23.2 Å². The molecule has 1 N–H and O–H groups in total. The van der Waals surface area contributed by atoms with Crippen molar-refractivity contribution >= 4 is 50.7 Å². The zero-order valence-electron chi connectivity index (χ0n) is 21.5. The van der Waals surface area contributed by atoms with Gasteiger partial charge in [0.1, 0.15) is 12.6 Å². The molecule has 7 nitrogen and oxygen atoms in total. The Balaban J connectivity index is 2.05. The van der Waals surface area contributed by atoms with Gasteiger partial charge in [-0.2, -0.15) is 0 Å². The molecular formula is C28H31Cl2N3O4S. The topological polar surface area (TPSA) is 86.8 Å². The van der Waals surface area contributed by atoms with Gasteiger partial charge in [0, 0.05) is 29.1 Å². The van der Waals surface area contributed by atoms with Gasteiger partial charge < -0.3 is 10.2 Å². The fourth-order valence-electron chi connectivity index (χ4n) is 3.99. The second kappa shape index (κ2) is 13.1. The van der Waals surface area contributed by atoms with Crippen molar-refractivity contribution in [2.75, 3.05) is 17.1 Å². The van der Waals surface area contributed by atoms with Gasteiger partial charge in [-0.3, -0.25) is 13.9 Å². The Kier molecular flexibility index (Phi) is 10.2. The van der Waals surface area contributed by atoms with Gasteiger partial charge in [-0.15, -0.1) is 0 Å². The van der Waals surface area contributed by atoms with Crippen LogP contribution in [-0.4, -0.2) is 50.0 Å². The van der Waals surface area contributed by atoms with Gasteiger partial charge >= 0.3 is 0 Å². The van der Waals surface area contributed by atoms with Crippen LogP contribution in [0.1, 0.15) is 25.0 Å². The van der Waals surface area contributed by atoms with E-state index in [-0.39, 0.29) is 24.9 Å². The molecule has 2 amide bonds. The molecule has 202 valence electrons. The fraction of sp³-hybridized carbons (Fsp3) is 0.286. The van der Waals surface area contributed by atoms with Crippen LogP contribution in [0.15, 0.2) is 78.9 Å². The number of sulfonamides is 1. The van der Waals surface area contributed by atoms with Crippen LogP contribution in [0, 0.1) is 0 Å². The van der Waals surface area contributed by atoms with Crippen LogP contribution in [0.2, 0.25) is 10.0 Å². The third-order valence-corrected chi connectivity index (χ3v) is 7.37. The highest BCUT2D eigenvalue weighted by molar-refractivity contribution is 7.92. The lowest BCUT2D eigenvalue weighted by Crippen LogP contribution is -2.54. The van der Waals surface area contributed by atoms with E-state index in [0.29, 0.717) is 21.3 Å². The van der Waals surface area contributed by atoms with Crippen molar-refractivity contribution in [3.8, 4) is 0 Å². The van der Waals surface area contributed by atoms with E-state index in [1.54, 1.807) is 36.4 Å². The summed E-state index contributed by atoms with van der Waals surface area (Å²) < 4.78 is 26.5. The number of rotatable bonds is 11. The molecule has 10 heteroatoms. The van der Waals surface area contributed by atoms with Crippen LogP contribution in [-0.2, 0) is 32.6 Å². The highest BCUT2D eigenvalue weighted by Crippen LogP contribution is 2.23. The van der Waals surface area contributed by atoms with Crippen molar-refractivity contribution in [3.05, 3.63) is 100 Å². The smallest absolute Gasteiger partial charge is 0.244 e. The first-order chi connectivity index (χ1) is 17.9. The number of amides is 2. The number of carbonyl (C=O) groups is 2. The number of carbonyl (C=O) groups excluding carboxylic acids is 2. The Bertz CT molecular complexity index is 1350. The summed E-state index contributed by atoms with van der Waals surface area (Å²) in [4.78, 5) is 28.8. The molecule has 0 saturated heterocycles. The Morgan fingerprint density at radius 3 is 2.08 bits per heavy atom. The zero-order chi connectivity index (χ0) is 27.9. The van der Waals surface area contributed by atoms with Gasteiger partial charge in [-0.05, 0) is 61.4 Å². The maximum Gasteiger partial charge on any atom is 0.244 e. The molecule has 3 rings (SSSR count). The average Bonchev–Trinajstić information content (AvgIpc) is 2.85. The highest BCUT2D eigenvalue weighted by atomic mass is 35.5. The Labute approximate surface area is 234 Å². The maximum atomic E-state index is 13.9. The summed E-state index contributed by atoms with van der Waals surface area (Å²) in [6.07, 6.45) is 1.27. The first-order valence-electron chi connectivity index (χ1n) is 12.1. The standard InChI is InChI=1S/C28H31Cl2N3O4S/c1-20(2)31-28(35)26(17-21-8-5-4-6-9-21)32(18-22-10-7-11-24(30)16-22)27(34)19-33(38(3,36)37)25-14-12-23(29)13-15-25/h4-16,20,26H,17-19H2,1-3H3,(H,31,35)/t26-/m0/s1. The van der Waals surface area contributed by atoms with Crippen molar-refractivity contribution in [3.63, 3.8) is 0 Å². The van der Waals surface area contributed by atoms with Crippen molar-refractivity contribution in [1.29, 1.82) is 0 Å². The SMILES string of the molecule is CC(C)NC(=O)[C@H](Cc1ccccc1)N(Cc1cccc(Cl)c1)C(=O)CN(c1ccc(Cl)cc1)S(C)(=O)=O. The van der Waals surface area contributed by atoms with E-state index in [9.17, 15) is 18.0 Å². The number of nitrogens with zero attached hydrogens (tertiary/aromatic N) is 2. The molecule has 0 aliphatic heterocycles. The van der Waals surface area contributed by atoms with Crippen LogP contribution in [0.5, 0.6) is 0 Å². The van der Waals surface area contributed by atoms with Gasteiger partial charge in [0.25, 0.3) is 0 Å². The van der Waals surface area contributed by atoms with Crippen LogP contribution < -0.4 is 9.62 Å². The zero-order valence-corrected chi connectivity index (χ0v) is 23.8. The molecule has 0 fully saturated rings. The van der Waals surface area contributed by atoms with E-state index < -0.39 is 28.5 Å². The van der Waals surface area contributed by atoms with E-state index in [4.69, 9.17) is 23.2 Å².